The van der Waals surface area contributed by atoms with Crippen molar-refractivity contribution in [2.45, 2.75) is 6.04 Å². The summed E-state index contributed by atoms with van der Waals surface area (Å²) in [6.45, 7) is 4.46. The monoisotopic (exact) mass is 352 g/mol. The number of piperazine rings is 1. The number of hydrogen-bond acceptors (Lipinski definition) is 4. The highest BCUT2D eigenvalue weighted by atomic mass is 15.3. The number of hydrogen-bond donors (Lipinski definition) is 0. The Hall–Kier alpha value is -2.04. The van der Waals surface area contributed by atoms with Crippen LogP contribution in [0.3, 0.4) is 0 Å². The lowest BCUT2D eigenvalue weighted by Crippen LogP contribution is -2.46. The second-order valence-corrected chi connectivity index (χ2v) is 7.71. The average Bonchev–Trinajstić information content (AvgIpc) is 2.64. The van der Waals surface area contributed by atoms with E-state index >= 15 is 0 Å². The molecule has 4 heteroatoms. The summed E-state index contributed by atoms with van der Waals surface area (Å²) in [5.74, 6) is 0. The van der Waals surface area contributed by atoms with E-state index in [1.54, 1.807) is 0 Å². The van der Waals surface area contributed by atoms with Gasteiger partial charge in [-0.1, -0.05) is 24.3 Å². The summed E-state index contributed by atoms with van der Waals surface area (Å²) >= 11 is 0. The predicted octanol–water partition coefficient (Wildman–Crippen LogP) is 3.16. The first-order valence-corrected chi connectivity index (χ1v) is 9.43. The molecule has 1 fully saturated rings. The molecular weight excluding hydrogens is 320 g/mol. The summed E-state index contributed by atoms with van der Waals surface area (Å²) < 4.78 is 0. The molecule has 0 aliphatic carbocycles. The molecule has 0 radical (unpaired) electrons. The molecule has 2 aromatic rings. The van der Waals surface area contributed by atoms with E-state index in [9.17, 15) is 0 Å². The molecule has 1 heterocycles. The third-order valence-electron chi connectivity index (χ3n) is 5.35. The van der Waals surface area contributed by atoms with E-state index in [0.29, 0.717) is 6.04 Å². The highest BCUT2D eigenvalue weighted by molar-refractivity contribution is 5.50. The van der Waals surface area contributed by atoms with Crippen LogP contribution in [-0.2, 0) is 0 Å². The molecule has 0 bridgehead atoms. The highest BCUT2D eigenvalue weighted by Gasteiger charge is 2.25. The van der Waals surface area contributed by atoms with Gasteiger partial charge < -0.3 is 14.7 Å². The van der Waals surface area contributed by atoms with Gasteiger partial charge in [-0.3, -0.25) is 4.90 Å². The molecule has 0 spiro atoms. The first-order valence-electron chi connectivity index (χ1n) is 9.43. The van der Waals surface area contributed by atoms with Crippen LogP contribution in [0.5, 0.6) is 0 Å². The van der Waals surface area contributed by atoms with Crippen LogP contribution < -0.4 is 9.80 Å². The third kappa shape index (κ3) is 4.19. The first kappa shape index (κ1) is 18.7. The molecular formula is C22H32N4. The van der Waals surface area contributed by atoms with E-state index in [4.69, 9.17) is 0 Å². The van der Waals surface area contributed by atoms with Gasteiger partial charge in [0.05, 0.1) is 6.04 Å². The van der Waals surface area contributed by atoms with E-state index in [1.807, 2.05) is 0 Å². The van der Waals surface area contributed by atoms with Crippen molar-refractivity contribution in [3.05, 3.63) is 59.7 Å². The lowest BCUT2D eigenvalue weighted by Gasteiger charge is -2.38. The summed E-state index contributed by atoms with van der Waals surface area (Å²) in [6, 6.07) is 18.4. The zero-order chi connectivity index (χ0) is 18.7. The Kier molecular flexibility index (Phi) is 5.84. The van der Waals surface area contributed by atoms with Gasteiger partial charge in [0.15, 0.2) is 0 Å². The number of anilines is 2. The maximum atomic E-state index is 2.62. The summed E-state index contributed by atoms with van der Waals surface area (Å²) in [5, 5.41) is 0. The van der Waals surface area contributed by atoms with Crippen LogP contribution in [0.25, 0.3) is 0 Å². The Bertz CT molecular complexity index is 632. The van der Waals surface area contributed by atoms with Gasteiger partial charge in [0.1, 0.15) is 0 Å². The molecule has 0 unspecified atom stereocenters. The van der Waals surface area contributed by atoms with Crippen molar-refractivity contribution in [1.29, 1.82) is 0 Å². The number of nitrogens with zero attached hydrogens (tertiary/aromatic N) is 4. The van der Waals surface area contributed by atoms with Gasteiger partial charge in [0, 0.05) is 65.7 Å². The number of likely N-dealkylation sites (N-methyl/N-ethyl adjacent to an activating group) is 1. The van der Waals surface area contributed by atoms with Crippen LogP contribution in [0.4, 0.5) is 11.4 Å². The molecule has 2 aromatic carbocycles. The molecule has 0 atom stereocenters. The summed E-state index contributed by atoms with van der Waals surface area (Å²) in [4.78, 5) is 9.34. The van der Waals surface area contributed by atoms with E-state index in [1.165, 1.54) is 22.5 Å². The lowest BCUT2D eigenvalue weighted by molar-refractivity contribution is 0.127. The maximum Gasteiger partial charge on any atom is 0.0602 e. The quantitative estimate of drug-likeness (QED) is 0.819. The minimum atomic E-state index is 0.316. The van der Waals surface area contributed by atoms with Crippen molar-refractivity contribution in [2.75, 3.05) is 71.2 Å². The lowest BCUT2D eigenvalue weighted by atomic mass is 9.95. The zero-order valence-electron chi connectivity index (χ0n) is 16.8. The van der Waals surface area contributed by atoms with E-state index < -0.39 is 0 Å². The minimum absolute atomic E-state index is 0.316. The second kappa shape index (κ2) is 8.11. The Morgan fingerprint density at radius 2 is 1.04 bits per heavy atom. The van der Waals surface area contributed by atoms with Gasteiger partial charge in [-0.05, 0) is 42.4 Å². The van der Waals surface area contributed by atoms with Gasteiger partial charge in [-0.15, -0.1) is 0 Å². The van der Waals surface area contributed by atoms with Crippen molar-refractivity contribution in [3.63, 3.8) is 0 Å². The van der Waals surface area contributed by atoms with Gasteiger partial charge >= 0.3 is 0 Å². The Morgan fingerprint density at radius 3 is 1.38 bits per heavy atom. The topological polar surface area (TPSA) is 13.0 Å². The van der Waals surface area contributed by atoms with Crippen molar-refractivity contribution in [1.82, 2.24) is 9.80 Å². The van der Waals surface area contributed by atoms with Crippen LogP contribution in [0.2, 0.25) is 0 Å². The fourth-order valence-corrected chi connectivity index (χ4v) is 3.60. The smallest absolute Gasteiger partial charge is 0.0602 e. The second-order valence-electron chi connectivity index (χ2n) is 7.71. The Labute approximate surface area is 158 Å². The van der Waals surface area contributed by atoms with E-state index in [-0.39, 0.29) is 0 Å². The summed E-state index contributed by atoms with van der Waals surface area (Å²) in [5.41, 5.74) is 5.23. The number of rotatable bonds is 5. The fraction of sp³-hybridized carbons (Fsp3) is 0.455. The zero-order valence-corrected chi connectivity index (χ0v) is 16.8. The number of benzene rings is 2. The maximum absolute atomic E-state index is 2.62. The van der Waals surface area contributed by atoms with Crippen LogP contribution in [0, 0.1) is 0 Å². The standard InChI is InChI=1S/C22H32N4/c1-23(2)20-10-6-18(7-11-20)22(26-16-14-25(5)15-17-26)19-8-12-21(13-9-19)24(3)4/h6-13,22H,14-17H2,1-5H3. The van der Waals surface area contributed by atoms with Crippen LogP contribution in [0.1, 0.15) is 17.2 Å². The summed E-state index contributed by atoms with van der Waals surface area (Å²) in [6.07, 6.45) is 0. The molecule has 140 valence electrons. The normalized spacial score (nSPS) is 16.1. The fourth-order valence-electron chi connectivity index (χ4n) is 3.60. The third-order valence-corrected chi connectivity index (χ3v) is 5.35. The van der Waals surface area contributed by atoms with E-state index in [0.717, 1.165) is 26.2 Å². The van der Waals surface area contributed by atoms with Crippen LogP contribution in [0.15, 0.2) is 48.5 Å². The SMILES string of the molecule is CN1CCN(C(c2ccc(N(C)C)cc2)c2ccc(N(C)C)cc2)CC1. The molecule has 1 saturated heterocycles. The van der Waals surface area contributed by atoms with Gasteiger partial charge in [-0.25, -0.2) is 0 Å². The summed E-state index contributed by atoms with van der Waals surface area (Å²) in [7, 11) is 10.6. The van der Waals surface area contributed by atoms with Crippen molar-refractivity contribution in [3.8, 4) is 0 Å². The molecule has 0 saturated carbocycles. The highest BCUT2D eigenvalue weighted by Crippen LogP contribution is 2.31. The molecule has 0 N–H and O–H groups in total. The Balaban J connectivity index is 1.93. The van der Waals surface area contributed by atoms with Crippen LogP contribution >= 0.6 is 0 Å². The van der Waals surface area contributed by atoms with Crippen molar-refractivity contribution < 1.29 is 0 Å². The first-order chi connectivity index (χ1) is 12.5. The Morgan fingerprint density at radius 1 is 0.654 bits per heavy atom. The van der Waals surface area contributed by atoms with Crippen molar-refractivity contribution in [2.24, 2.45) is 0 Å². The molecule has 26 heavy (non-hydrogen) atoms. The molecule has 4 nitrogen and oxygen atoms in total. The molecule has 1 aliphatic heterocycles. The van der Waals surface area contributed by atoms with Crippen LogP contribution in [-0.4, -0.2) is 71.2 Å². The predicted molar refractivity (Wildman–Crippen MR) is 112 cm³/mol. The van der Waals surface area contributed by atoms with Crippen molar-refractivity contribution >= 4 is 11.4 Å². The van der Waals surface area contributed by atoms with E-state index in [2.05, 4.69) is 103 Å². The molecule has 3 rings (SSSR count). The molecule has 0 aromatic heterocycles. The minimum Gasteiger partial charge on any atom is -0.378 e. The largest absolute Gasteiger partial charge is 0.378 e. The molecule has 1 aliphatic rings. The average molecular weight is 353 g/mol. The van der Waals surface area contributed by atoms with Gasteiger partial charge in [-0.2, -0.15) is 0 Å². The van der Waals surface area contributed by atoms with Gasteiger partial charge in [0.2, 0.25) is 0 Å². The van der Waals surface area contributed by atoms with Gasteiger partial charge in [0.25, 0.3) is 0 Å². The molecule has 0 amide bonds.